The Labute approximate surface area is 99.1 Å². The molecule has 86 valence electrons. The fourth-order valence-corrected chi connectivity index (χ4v) is 4.02. The van der Waals surface area contributed by atoms with Crippen LogP contribution in [0.25, 0.3) is 0 Å². The second-order valence-corrected chi connectivity index (χ2v) is 6.51. The van der Waals surface area contributed by atoms with Crippen LogP contribution in [0.5, 0.6) is 0 Å². The third-order valence-electron chi connectivity index (χ3n) is 4.89. The van der Waals surface area contributed by atoms with Crippen LogP contribution in [0.4, 0.5) is 0 Å². The molecule has 1 aromatic rings. The maximum absolute atomic E-state index is 2.41. The molecular formula is C16H22. The lowest BCUT2D eigenvalue weighted by Crippen LogP contribution is -2.25. The minimum Gasteiger partial charge on any atom is -0.0587 e. The first-order chi connectivity index (χ1) is 7.50. The molecule has 0 saturated heterocycles. The van der Waals surface area contributed by atoms with Gasteiger partial charge in [-0.3, -0.25) is 0 Å². The summed E-state index contributed by atoms with van der Waals surface area (Å²) in [4.78, 5) is 0. The lowest BCUT2D eigenvalue weighted by molar-refractivity contribution is 0.390. The van der Waals surface area contributed by atoms with Gasteiger partial charge in [0.1, 0.15) is 0 Å². The zero-order valence-corrected chi connectivity index (χ0v) is 10.9. The number of hydrogen-bond acceptors (Lipinski definition) is 0. The van der Waals surface area contributed by atoms with Gasteiger partial charge in [-0.2, -0.15) is 0 Å². The van der Waals surface area contributed by atoms with Crippen LogP contribution in [0.2, 0.25) is 0 Å². The smallest absolute Gasteiger partial charge is 0.0100 e. The highest BCUT2D eigenvalue weighted by Gasteiger charge is 2.39. The summed E-state index contributed by atoms with van der Waals surface area (Å²) in [5.41, 5.74) is 7.00. The van der Waals surface area contributed by atoms with Gasteiger partial charge in [0.25, 0.3) is 0 Å². The molecule has 0 aliphatic heterocycles. The maximum Gasteiger partial charge on any atom is -0.0100 e. The van der Waals surface area contributed by atoms with Crippen LogP contribution in [0.15, 0.2) is 12.1 Å². The lowest BCUT2D eigenvalue weighted by atomic mass is 9.69. The standard InChI is InChI=1S/C16H22/c1-10-5-6-13-15-12(7-8-16(13,3)4)9-11(2)14(10)15/h5-6,11-12H,7-9H2,1-4H3/t11-,12?/m1/s1. The van der Waals surface area contributed by atoms with Crippen molar-refractivity contribution in [2.24, 2.45) is 0 Å². The molecule has 0 nitrogen and oxygen atoms in total. The normalized spacial score (nSPS) is 30.2. The van der Waals surface area contributed by atoms with Crippen molar-refractivity contribution in [2.75, 3.05) is 0 Å². The van der Waals surface area contributed by atoms with Gasteiger partial charge in [-0.15, -0.1) is 0 Å². The van der Waals surface area contributed by atoms with Crippen molar-refractivity contribution in [1.82, 2.24) is 0 Å². The van der Waals surface area contributed by atoms with Gasteiger partial charge in [-0.05, 0) is 65.7 Å². The van der Waals surface area contributed by atoms with Crippen molar-refractivity contribution in [2.45, 2.75) is 64.2 Å². The summed E-state index contributed by atoms with van der Waals surface area (Å²) in [6, 6.07) is 4.75. The molecule has 0 N–H and O–H groups in total. The minimum atomic E-state index is 0.401. The Morgan fingerprint density at radius 2 is 1.94 bits per heavy atom. The quantitative estimate of drug-likeness (QED) is 0.589. The molecule has 1 unspecified atom stereocenters. The van der Waals surface area contributed by atoms with E-state index in [0.29, 0.717) is 5.41 Å². The number of aryl methyl sites for hydroxylation is 1. The van der Waals surface area contributed by atoms with Crippen LogP contribution in [-0.2, 0) is 5.41 Å². The summed E-state index contributed by atoms with van der Waals surface area (Å²) in [5, 5.41) is 0. The second kappa shape index (κ2) is 3.12. The first kappa shape index (κ1) is 10.4. The molecule has 2 aliphatic carbocycles. The van der Waals surface area contributed by atoms with Crippen molar-refractivity contribution in [1.29, 1.82) is 0 Å². The van der Waals surface area contributed by atoms with Crippen LogP contribution in [0.1, 0.15) is 74.1 Å². The molecule has 1 aromatic carbocycles. The lowest BCUT2D eigenvalue weighted by Gasteiger charge is -2.36. The van der Waals surface area contributed by atoms with Gasteiger partial charge in [0.15, 0.2) is 0 Å². The molecular weight excluding hydrogens is 192 g/mol. The van der Waals surface area contributed by atoms with E-state index in [-0.39, 0.29) is 0 Å². The van der Waals surface area contributed by atoms with E-state index in [0.717, 1.165) is 11.8 Å². The molecule has 0 bridgehead atoms. The molecule has 2 aliphatic rings. The topological polar surface area (TPSA) is 0 Å². The summed E-state index contributed by atoms with van der Waals surface area (Å²) in [6.07, 6.45) is 4.16. The van der Waals surface area contributed by atoms with E-state index in [1.807, 2.05) is 0 Å². The molecule has 0 radical (unpaired) electrons. The Balaban J connectivity index is 2.29. The molecule has 0 fully saturated rings. The summed E-state index contributed by atoms with van der Waals surface area (Å²) >= 11 is 0. The third kappa shape index (κ3) is 1.22. The highest BCUT2D eigenvalue weighted by molar-refractivity contribution is 5.52. The predicted molar refractivity (Wildman–Crippen MR) is 69.2 cm³/mol. The molecule has 2 atom stereocenters. The predicted octanol–water partition coefficient (Wildman–Crippen LogP) is 4.66. The molecule has 0 amide bonds. The fourth-order valence-electron chi connectivity index (χ4n) is 4.02. The fraction of sp³-hybridized carbons (Fsp3) is 0.625. The summed E-state index contributed by atoms with van der Waals surface area (Å²) in [7, 11) is 0. The largest absolute Gasteiger partial charge is 0.0587 e. The average molecular weight is 214 g/mol. The van der Waals surface area contributed by atoms with Crippen LogP contribution in [0, 0.1) is 6.92 Å². The molecule has 0 aromatic heterocycles. The van der Waals surface area contributed by atoms with Crippen molar-refractivity contribution >= 4 is 0 Å². The Bertz CT molecular complexity index is 440. The minimum absolute atomic E-state index is 0.401. The molecule has 0 spiro atoms. The van der Waals surface area contributed by atoms with Crippen LogP contribution < -0.4 is 0 Å². The van der Waals surface area contributed by atoms with Gasteiger partial charge < -0.3 is 0 Å². The second-order valence-electron chi connectivity index (χ2n) is 6.51. The molecule has 0 saturated carbocycles. The maximum atomic E-state index is 2.41. The SMILES string of the molecule is Cc1ccc2c3c1[C@H](C)CC3CCC2(C)C. The van der Waals surface area contributed by atoms with E-state index in [1.54, 1.807) is 16.7 Å². The Kier molecular flexibility index (Phi) is 2.02. The number of benzene rings is 1. The summed E-state index contributed by atoms with van der Waals surface area (Å²) in [6.45, 7) is 9.53. The van der Waals surface area contributed by atoms with Gasteiger partial charge in [-0.25, -0.2) is 0 Å². The molecule has 16 heavy (non-hydrogen) atoms. The van der Waals surface area contributed by atoms with Crippen molar-refractivity contribution in [3.63, 3.8) is 0 Å². The van der Waals surface area contributed by atoms with Gasteiger partial charge in [-0.1, -0.05) is 32.9 Å². The van der Waals surface area contributed by atoms with E-state index in [1.165, 1.54) is 24.8 Å². The first-order valence-electron chi connectivity index (χ1n) is 6.64. The molecule has 3 rings (SSSR count). The number of hydrogen-bond donors (Lipinski definition) is 0. The molecule has 0 heterocycles. The zero-order chi connectivity index (χ0) is 11.5. The van der Waals surface area contributed by atoms with Crippen LogP contribution in [0.3, 0.4) is 0 Å². The zero-order valence-electron chi connectivity index (χ0n) is 10.9. The van der Waals surface area contributed by atoms with Gasteiger partial charge in [0.05, 0.1) is 0 Å². The highest BCUT2D eigenvalue weighted by Crippen LogP contribution is 2.53. The van der Waals surface area contributed by atoms with E-state index in [4.69, 9.17) is 0 Å². The Morgan fingerprint density at radius 3 is 2.69 bits per heavy atom. The van der Waals surface area contributed by atoms with Crippen LogP contribution in [-0.4, -0.2) is 0 Å². The van der Waals surface area contributed by atoms with E-state index >= 15 is 0 Å². The van der Waals surface area contributed by atoms with Crippen molar-refractivity contribution in [3.05, 3.63) is 34.4 Å². The summed E-state index contributed by atoms with van der Waals surface area (Å²) < 4.78 is 0. The Hall–Kier alpha value is -0.780. The monoisotopic (exact) mass is 214 g/mol. The highest BCUT2D eigenvalue weighted by atomic mass is 14.4. The van der Waals surface area contributed by atoms with Gasteiger partial charge in [0.2, 0.25) is 0 Å². The third-order valence-corrected chi connectivity index (χ3v) is 4.89. The van der Waals surface area contributed by atoms with Gasteiger partial charge in [0, 0.05) is 0 Å². The molecule has 0 heteroatoms. The van der Waals surface area contributed by atoms with Crippen LogP contribution >= 0.6 is 0 Å². The van der Waals surface area contributed by atoms with Crippen molar-refractivity contribution in [3.8, 4) is 0 Å². The number of rotatable bonds is 0. The first-order valence-corrected chi connectivity index (χ1v) is 6.64. The van der Waals surface area contributed by atoms with E-state index in [9.17, 15) is 0 Å². The summed E-state index contributed by atoms with van der Waals surface area (Å²) in [5.74, 6) is 1.65. The Morgan fingerprint density at radius 1 is 1.19 bits per heavy atom. The van der Waals surface area contributed by atoms with Crippen molar-refractivity contribution < 1.29 is 0 Å². The van der Waals surface area contributed by atoms with Gasteiger partial charge >= 0.3 is 0 Å². The average Bonchev–Trinajstić information content (AvgIpc) is 2.54. The van der Waals surface area contributed by atoms with E-state index in [2.05, 4.69) is 39.8 Å². The van der Waals surface area contributed by atoms with E-state index < -0.39 is 0 Å².